The van der Waals surface area contributed by atoms with E-state index in [0.29, 0.717) is 4.90 Å². The molecule has 0 aliphatic carbocycles. The zero-order valence-electron chi connectivity index (χ0n) is 11.8. The van der Waals surface area contributed by atoms with E-state index in [4.69, 9.17) is 5.26 Å². The zero-order valence-corrected chi connectivity index (χ0v) is 11.8. The fourth-order valence-corrected chi connectivity index (χ4v) is 1.51. The predicted molar refractivity (Wildman–Crippen MR) is 71.6 cm³/mol. The minimum atomic E-state index is -4.80. The molecular weight excluding hydrogens is 283 g/mol. The van der Waals surface area contributed by atoms with Gasteiger partial charge in [-0.25, -0.2) is 9.69 Å². The van der Waals surface area contributed by atoms with E-state index in [1.165, 1.54) is 45.0 Å². The molecule has 7 heteroatoms. The Hall–Kier alpha value is -2.36. The van der Waals surface area contributed by atoms with Crippen molar-refractivity contribution in [3.05, 3.63) is 35.9 Å². The maximum atomic E-state index is 13.0. The van der Waals surface area contributed by atoms with Gasteiger partial charge in [0.25, 0.3) is 0 Å². The number of halogens is 3. The number of hydrogen-bond acceptors (Lipinski definition) is 2. The molecule has 0 spiro atoms. The van der Waals surface area contributed by atoms with E-state index < -0.39 is 23.5 Å². The molecule has 4 nitrogen and oxygen atoms in total. The highest BCUT2D eigenvalue weighted by Gasteiger charge is 2.38. The van der Waals surface area contributed by atoms with Crippen LogP contribution in [0.4, 0.5) is 18.0 Å². The molecule has 0 fully saturated rings. The largest absolute Gasteiger partial charge is 0.434 e. The Morgan fingerprint density at radius 3 is 2.10 bits per heavy atom. The summed E-state index contributed by atoms with van der Waals surface area (Å²) in [6.45, 7) is 4.58. The summed E-state index contributed by atoms with van der Waals surface area (Å²) in [6, 6.07) is 5.53. The topological polar surface area (TPSA) is 56.5 Å². The van der Waals surface area contributed by atoms with Crippen LogP contribution in [-0.2, 0) is 0 Å². The van der Waals surface area contributed by atoms with E-state index in [-0.39, 0.29) is 5.56 Å². The minimum Gasteiger partial charge on any atom is -0.245 e. The lowest BCUT2D eigenvalue weighted by molar-refractivity contribution is -0.0581. The van der Waals surface area contributed by atoms with Gasteiger partial charge in [-0.1, -0.05) is 30.3 Å². The van der Waals surface area contributed by atoms with Crippen molar-refractivity contribution < 1.29 is 18.0 Å². The van der Waals surface area contributed by atoms with Crippen molar-refractivity contribution in [1.82, 2.24) is 4.90 Å². The summed E-state index contributed by atoms with van der Waals surface area (Å²) >= 11 is 0. The Bertz CT molecular complexity index is 580. The van der Waals surface area contributed by atoms with E-state index in [1.54, 1.807) is 12.3 Å². The number of alkyl halides is 3. The molecule has 1 aromatic rings. The van der Waals surface area contributed by atoms with E-state index in [0.717, 1.165) is 0 Å². The number of nitrogens with zero attached hydrogens (tertiary/aromatic N) is 3. The van der Waals surface area contributed by atoms with Crippen molar-refractivity contribution in [1.29, 1.82) is 5.26 Å². The SMILES string of the molecule is CC(C)(C)N(C#N)C(=O)N=C(c1ccccc1)C(F)(F)F. The van der Waals surface area contributed by atoms with Gasteiger partial charge in [0.05, 0.1) is 5.54 Å². The van der Waals surface area contributed by atoms with Crippen molar-refractivity contribution in [2.45, 2.75) is 32.5 Å². The summed E-state index contributed by atoms with van der Waals surface area (Å²) < 4.78 is 39.1. The van der Waals surface area contributed by atoms with E-state index in [1.807, 2.05) is 0 Å². The summed E-state index contributed by atoms with van der Waals surface area (Å²) in [5.41, 5.74) is -2.51. The Labute approximate surface area is 120 Å². The second kappa shape index (κ2) is 5.95. The second-order valence-corrected chi connectivity index (χ2v) is 5.21. The third-order valence-electron chi connectivity index (χ3n) is 2.49. The van der Waals surface area contributed by atoms with Gasteiger partial charge in [0.15, 0.2) is 11.9 Å². The number of aliphatic imine (C=N–C) groups is 1. The maximum Gasteiger partial charge on any atom is 0.434 e. The zero-order chi connectivity index (χ0) is 16.3. The van der Waals surface area contributed by atoms with Crippen LogP contribution in [0.5, 0.6) is 0 Å². The number of amides is 2. The van der Waals surface area contributed by atoms with Gasteiger partial charge in [-0.15, -0.1) is 0 Å². The third kappa shape index (κ3) is 4.31. The molecule has 0 atom stereocenters. The highest BCUT2D eigenvalue weighted by atomic mass is 19.4. The summed E-state index contributed by atoms with van der Waals surface area (Å²) in [5.74, 6) is 0. The standard InChI is InChI=1S/C14H14F3N3O/c1-13(2,3)20(9-18)12(21)19-11(14(15,16)17)10-7-5-4-6-8-10/h4-8H,1-3H3. The smallest absolute Gasteiger partial charge is 0.245 e. The normalized spacial score (nSPS) is 12.7. The van der Waals surface area contributed by atoms with Crippen molar-refractivity contribution >= 4 is 11.7 Å². The first-order chi connectivity index (χ1) is 9.57. The van der Waals surface area contributed by atoms with E-state index in [9.17, 15) is 18.0 Å². The van der Waals surface area contributed by atoms with Crippen LogP contribution < -0.4 is 0 Å². The van der Waals surface area contributed by atoms with Gasteiger partial charge in [-0.05, 0) is 20.8 Å². The molecule has 0 N–H and O–H groups in total. The third-order valence-corrected chi connectivity index (χ3v) is 2.49. The van der Waals surface area contributed by atoms with Gasteiger partial charge >= 0.3 is 12.2 Å². The Balaban J connectivity index is 3.29. The van der Waals surface area contributed by atoms with Crippen molar-refractivity contribution in [3.8, 4) is 6.19 Å². The summed E-state index contributed by atoms with van der Waals surface area (Å²) in [7, 11) is 0. The van der Waals surface area contributed by atoms with Crippen LogP contribution in [0.3, 0.4) is 0 Å². The average Bonchev–Trinajstić information content (AvgIpc) is 2.34. The average molecular weight is 297 g/mol. The Morgan fingerprint density at radius 2 is 1.71 bits per heavy atom. The lowest BCUT2D eigenvalue weighted by Gasteiger charge is -2.26. The molecule has 0 bridgehead atoms. The first-order valence-corrected chi connectivity index (χ1v) is 6.02. The molecule has 0 aliphatic heterocycles. The molecule has 112 valence electrons. The monoisotopic (exact) mass is 297 g/mol. The van der Waals surface area contributed by atoms with Gasteiger partial charge in [0, 0.05) is 5.56 Å². The number of nitriles is 1. The highest BCUT2D eigenvalue weighted by Crippen LogP contribution is 2.24. The van der Waals surface area contributed by atoms with Crippen LogP contribution in [0.2, 0.25) is 0 Å². The van der Waals surface area contributed by atoms with Gasteiger partial charge < -0.3 is 0 Å². The van der Waals surface area contributed by atoms with Crippen molar-refractivity contribution in [3.63, 3.8) is 0 Å². The number of hydrogen-bond donors (Lipinski definition) is 0. The summed E-state index contributed by atoms with van der Waals surface area (Å²) in [4.78, 5) is 15.6. The van der Waals surface area contributed by atoms with Crippen molar-refractivity contribution in [2.24, 2.45) is 4.99 Å². The lowest BCUT2D eigenvalue weighted by atomic mass is 10.1. The molecule has 1 rings (SSSR count). The van der Waals surface area contributed by atoms with Gasteiger partial charge in [-0.3, -0.25) is 0 Å². The number of benzene rings is 1. The predicted octanol–water partition coefficient (Wildman–Crippen LogP) is 3.74. The molecule has 0 saturated carbocycles. The molecule has 1 aromatic carbocycles. The number of carbonyl (C=O) groups excluding carboxylic acids is 1. The number of rotatable bonds is 1. The quantitative estimate of drug-likeness (QED) is 0.450. The van der Waals surface area contributed by atoms with Crippen LogP contribution in [0.1, 0.15) is 26.3 Å². The molecule has 0 saturated heterocycles. The molecule has 0 radical (unpaired) electrons. The fourth-order valence-electron chi connectivity index (χ4n) is 1.51. The van der Waals surface area contributed by atoms with E-state index in [2.05, 4.69) is 4.99 Å². The van der Waals surface area contributed by atoms with Gasteiger partial charge in [0.1, 0.15) is 0 Å². The van der Waals surface area contributed by atoms with Crippen LogP contribution in [0, 0.1) is 11.5 Å². The van der Waals surface area contributed by atoms with Gasteiger partial charge in [0.2, 0.25) is 0 Å². The first kappa shape index (κ1) is 16.7. The molecule has 0 unspecified atom stereocenters. The lowest BCUT2D eigenvalue weighted by Crippen LogP contribution is -2.41. The van der Waals surface area contributed by atoms with Gasteiger partial charge in [-0.2, -0.15) is 23.4 Å². The minimum absolute atomic E-state index is 0.231. The first-order valence-electron chi connectivity index (χ1n) is 6.02. The summed E-state index contributed by atoms with van der Waals surface area (Å²) in [5, 5.41) is 8.92. The molecule has 0 heterocycles. The highest BCUT2D eigenvalue weighted by molar-refractivity contribution is 6.09. The summed E-state index contributed by atoms with van der Waals surface area (Å²) in [6.07, 6.45) is -3.24. The van der Waals surface area contributed by atoms with Crippen LogP contribution in [-0.4, -0.2) is 28.4 Å². The van der Waals surface area contributed by atoms with Crippen LogP contribution >= 0.6 is 0 Å². The Morgan fingerprint density at radius 1 is 1.19 bits per heavy atom. The number of carbonyl (C=O) groups is 1. The molecule has 0 aliphatic rings. The fraction of sp³-hybridized carbons (Fsp3) is 0.357. The molecular formula is C14H14F3N3O. The Kier molecular flexibility index (Phi) is 4.73. The molecule has 0 aromatic heterocycles. The maximum absolute atomic E-state index is 13.0. The van der Waals surface area contributed by atoms with E-state index >= 15 is 0 Å². The second-order valence-electron chi connectivity index (χ2n) is 5.21. The number of urea groups is 1. The molecule has 2 amide bonds. The molecule has 21 heavy (non-hydrogen) atoms. The van der Waals surface area contributed by atoms with Crippen molar-refractivity contribution in [2.75, 3.05) is 0 Å². The van der Waals surface area contributed by atoms with Crippen LogP contribution in [0.25, 0.3) is 0 Å². The van der Waals surface area contributed by atoms with Crippen LogP contribution in [0.15, 0.2) is 35.3 Å².